The first-order chi connectivity index (χ1) is 9.70. The molecule has 1 aliphatic rings. The standard InChI is InChI=1S/C14H14F3NO3/c1-7(18-12(19)10-6-11(10)13(20)21)8-2-4-9(5-3-8)14(15,16)17/h2-5,7,10-11H,6H2,1H3,(H,18,19)(H,20,21)/t7-,10-,11+/m0/s1. The number of hydrogen-bond donors (Lipinski definition) is 2. The number of carboxylic acids is 1. The molecule has 0 spiro atoms. The third kappa shape index (κ3) is 3.53. The number of rotatable bonds is 4. The minimum absolute atomic E-state index is 0.306. The van der Waals surface area contributed by atoms with Gasteiger partial charge in [0, 0.05) is 0 Å². The number of amides is 1. The summed E-state index contributed by atoms with van der Waals surface area (Å²) >= 11 is 0. The van der Waals surface area contributed by atoms with E-state index in [4.69, 9.17) is 5.11 Å². The smallest absolute Gasteiger partial charge is 0.416 e. The van der Waals surface area contributed by atoms with Gasteiger partial charge in [0.15, 0.2) is 0 Å². The summed E-state index contributed by atoms with van der Waals surface area (Å²) in [5.74, 6) is -2.57. The van der Waals surface area contributed by atoms with Gasteiger partial charge in [-0.25, -0.2) is 0 Å². The van der Waals surface area contributed by atoms with Crippen LogP contribution in [0.15, 0.2) is 24.3 Å². The molecule has 2 rings (SSSR count). The van der Waals surface area contributed by atoms with E-state index in [1.165, 1.54) is 12.1 Å². The molecule has 4 nitrogen and oxygen atoms in total. The van der Waals surface area contributed by atoms with Crippen LogP contribution in [0, 0.1) is 11.8 Å². The minimum atomic E-state index is -4.40. The van der Waals surface area contributed by atoms with Crippen LogP contribution in [0.5, 0.6) is 0 Å². The Bertz CT molecular complexity index is 554. The molecule has 2 N–H and O–H groups in total. The number of halogens is 3. The van der Waals surface area contributed by atoms with Crippen molar-refractivity contribution in [1.82, 2.24) is 5.32 Å². The second-order valence-corrected chi connectivity index (χ2v) is 5.14. The van der Waals surface area contributed by atoms with Crippen LogP contribution in [0.25, 0.3) is 0 Å². The number of carbonyl (C=O) groups excluding carboxylic acids is 1. The SMILES string of the molecule is C[C@H](NC(=O)[C@H]1C[C@H]1C(=O)O)c1ccc(C(F)(F)F)cc1. The van der Waals surface area contributed by atoms with Crippen molar-refractivity contribution in [2.75, 3.05) is 0 Å². The Morgan fingerprint density at radius 2 is 1.81 bits per heavy atom. The summed E-state index contributed by atoms with van der Waals surface area (Å²) in [5, 5.41) is 11.4. The number of carboxylic acid groups (broad SMARTS) is 1. The quantitative estimate of drug-likeness (QED) is 0.898. The van der Waals surface area contributed by atoms with Gasteiger partial charge in [-0.05, 0) is 31.0 Å². The Kier molecular flexibility index (Phi) is 3.93. The lowest BCUT2D eigenvalue weighted by atomic mass is 10.1. The summed E-state index contributed by atoms with van der Waals surface area (Å²) in [4.78, 5) is 22.5. The van der Waals surface area contributed by atoms with Gasteiger partial charge in [-0.3, -0.25) is 9.59 Å². The van der Waals surface area contributed by atoms with E-state index < -0.39 is 35.6 Å². The third-order valence-corrected chi connectivity index (χ3v) is 3.54. The summed E-state index contributed by atoms with van der Waals surface area (Å²) in [6.07, 6.45) is -4.09. The molecule has 0 bridgehead atoms. The van der Waals surface area contributed by atoms with E-state index in [0.29, 0.717) is 12.0 Å². The van der Waals surface area contributed by atoms with Gasteiger partial charge in [-0.1, -0.05) is 12.1 Å². The number of benzene rings is 1. The van der Waals surface area contributed by atoms with Crippen molar-refractivity contribution in [3.05, 3.63) is 35.4 Å². The van der Waals surface area contributed by atoms with Crippen molar-refractivity contribution in [2.45, 2.75) is 25.6 Å². The van der Waals surface area contributed by atoms with Gasteiger partial charge in [0.25, 0.3) is 0 Å². The number of hydrogen-bond acceptors (Lipinski definition) is 2. The fraction of sp³-hybridized carbons (Fsp3) is 0.429. The van der Waals surface area contributed by atoms with Crippen LogP contribution in [-0.4, -0.2) is 17.0 Å². The fourth-order valence-corrected chi connectivity index (χ4v) is 2.12. The molecule has 1 aliphatic carbocycles. The maximum absolute atomic E-state index is 12.4. The molecule has 114 valence electrons. The Labute approximate surface area is 119 Å². The molecule has 1 fully saturated rings. The zero-order chi connectivity index (χ0) is 15.8. The molecule has 3 atom stereocenters. The van der Waals surface area contributed by atoms with Crippen molar-refractivity contribution in [1.29, 1.82) is 0 Å². The lowest BCUT2D eigenvalue weighted by molar-refractivity contribution is -0.140. The van der Waals surface area contributed by atoms with Crippen LogP contribution in [0.4, 0.5) is 13.2 Å². The highest BCUT2D eigenvalue weighted by atomic mass is 19.4. The first-order valence-corrected chi connectivity index (χ1v) is 6.40. The number of carbonyl (C=O) groups is 2. The van der Waals surface area contributed by atoms with Crippen LogP contribution >= 0.6 is 0 Å². The van der Waals surface area contributed by atoms with Crippen LogP contribution in [0.1, 0.15) is 30.5 Å². The van der Waals surface area contributed by atoms with Gasteiger partial charge in [0.05, 0.1) is 23.4 Å². The first-order valence-electron chi connectivity index (χ1n) is 6.40. The molecule has 1 aromatic rings. The number of aliphatic carboxylic acids is 1. The van der Waals surface area contributed by atoms with Gasteiger partial charge < -0.3 is 10.4 Å². The van der Waals surface area contributed by atoms with Gasteiger partial charge >= 0.3 is 12.1 Å². The van der Waals surface area contributed by atoms with Crippen molar-refractivity contribution >= 4 is 11.9 Å². The predicted octanol–water partition coefficient (Wildman–Crippen LogP) is 2.60. The van der Waals surface area contributed by atoms with E-state index in [0.717, 1.165) is 12.1 Å². The highest BCUT2D eigenvalue weighted by Gasteiger charge is 2.48. The molecule has 7 heteroatoms. The Morgan fingerprint density at radius 3 is 2.24 bits per heavy atom. The summed E-state index contributed by atoms with van der Waals surface area (Å²) in [5.41, 5.74) is -0.221. The Hall–Kier alpha value is -2.05. The summed E-state index contributed by atoms with van der Waals surface area (Å²) in [6.45, 7) is 1.64. The van der Waals surface area contributed by atoms with Crippen molar-refractivity contribution < 1.29 is 27.9 Å². The normalized spacial score (nSPS) is 22.5. The monoisotopic (exact) mass is 301 g/mol. The summed E-state index contributed by atoms with van der Waals surface area (Å²) in [7, 11) is 0. The average molecular weight is 301 g/mol. The topological polar surface area (TPSA) is 66.4 Å². The molecule has 0 unspecified atom stereocenters. The maximum atomic E-state index is 12.4. The Morgan fingerprint density at radius 1 is 1.24 bits per heavy atom. The zero-order valence-electron chi connectivity index (χ0n) is 11.1. The van der Waals surface area contributed by atoms with Crippen LogP contribution in [-0.2, 0) is 15.8 Å². The van der Waals surface area contributed by atoms with E-state index in [1.54, 1.807) is 6.92 Å². The van der Waals surface area contributed by atoms with E-state index in [2.05, 4.69) is 5.32 Å². The average Bonchev–Trinajstić information content (AvgIpc) is 3.18. The largest absolute Gasteiger partial charge is 0.481 e. The highest BCUT2D eigenvalue weighted by molar-refractivity contribution is 5.89. The van der Waals surface area contributed by atoms with Gasteiger partial charge in [0.2, 0.25) is 5.91 Å². The zero-order valence-corrected chi connectivity index (χ0v) is 11.1. The molecule has 0 aliphatic heterocycles. The molecular weight excluding hydrogens is 287 g/mol. The molecule has 0 aromatic heterocycles. The van der Waals surface area contributed by atoms with Crippen LogP contribution in [0.2, 0.25) is 0 Å². The van der Waals surface area contributed by atoms with Gasteiger partial charge in [0.1, 0.15) is 0 Å². The second-order valence-electron chi connectivity index (χ2n) is 5.14. The third-order valence-electron chi connectivity index (χ3n) is 3.54. The lowest BCUT2D eigenvalue weighted by Crippen LogP contribution is -2.29. The minimum Gasteiger partial charge on any atom is -0.481 e. The van der Waals surface area contributed by atoms with E-state index in [-0.39, 0.29) is 5.91 Å². The molecule has 0 radical (unpaired) electrons. The number of alkyl halides is 3. The van der Waals surface area contributed by atoms with E-state index >= 15 is 0 Å². The van der Waals surface area contributed by atoms with Gasteiger partial charge in [-0.15, -0.1) is 0 Å². The molecule has 1 saturated carbocycles. The molecular formula is C14H14F3NO3. The summed E-state index contributed by atoms with van der Waals surface area (Å²) < 4.78 is 37.3. The number of nitrogens with one attached hydrogen (secondary N) is 1. The van der Waals surface area contributed by atoms with Crippen molar-refractivity contribution in [3.8, 4) is 0 Å². The van der Waals surface area contributed by atoms with Crippen LogP contribution < -0.4 is 5.32 Å². The van der Waals surface area contributed by atoms with E-state index in [9.17, 15) is 22.8 Å². The second kappa shape index (κ2) is 5.38. The van der Waals surface area contributed by atoms with Gasteiger partial charge in [-0.2, -0.15) is 13.2 Å². The van der Waals surface area contributed by atoms with Crippen molar-refractivity contribution in [3.63, 3.8) is 0 Å². The molecule has 1 amide bonds. The molecule has 0 saturated heterocycles. The maximum Gasteiger partial charge on any atom is 0.416 e. The first kappa shape index (κ1) is 15.3. The molecule has 21 heavy (non-hydrogen) atoms. The van der Waals surface area contributed by atoms with E-state index in [1.807, 2.05) is 0 Å². The van der Waals surface area contributed by atoms with Crippen molar-refractivity contribution in [2.24, 2.45) is 11.8 Å². The molecule has 0 heterocycles. The molecule has 1 aromatic carbocycles. The Balaban J connectivity index is 1.96. The summed E-state index contributed by atoms with van der Waals surface area (Å²) in [6, 6.07) is 4.03. The lowest BCUT2D eigenvalue weighted by Gasteiger charge is -2.15. The van der Waals surface area contributed by atoms with Crippen LogP contribution in [0.3, 0.4) is 0 Å². The fourth-order valence-electron chi connectivity index (χ4n) is 2.12. The predicted molar refractivity (Wildman–Crippen MR) is 67.2 cm³/mol. The highest BCUT2D eigenvalue weighted by Crippen LogP contribution is 2.39.